The zero-order valence-corrected chi connectivity index (χ0v) is 25.3. The summed E-state index contributed by atoms with van der Waals surface area (Å²) in [5.41, 5.74) is 1.38. The molecule has 6 rings (SSSR count). The topological polar surface area (TPSA) is 113 Å². The van der Waals surface area contributed by atoms with Crippen LogP contribution in [0, 0.1) is 10.1 Å². The van der Waals surface area contributed by atoms with E-state index in [0.29, 0.717) is 31.7 Å². The molecule has 0 amide bonds. The molecule has 9 nitrogen and oxygen atoms in total. The zero-order valence-electron chi connectivity index (χ0n) is 21.3. The summed E-state index contributed by atoms with van der Waals surface area (Å²) in [6, 6.07) is 24.1. The van der Waals surface area contributed by atoms with Crippen molar-refractivity contribution in [1.82, 2.24) is 9.66 Å². The lowest BCUT2D eigenvalue weighted by Crippen LogP contribution is -2.20. The van der Waals surface area contributed by atoms with Gasteiger partial charge in [0.25, 0.3) is 5.56 Å². The summed E-state index contributed by atoms with van der Waals surface area (Å²) >= 11 is 12.9. The minimum absolute atomic E-state index is 0.00315. The van der Waals surface area contributed by atoms with Gasteiger partial charge >= 0.3 is 5.69 Å². The highest BCUT2D eigenvalue weighted by atomic mass is 79.9. The summed E-state index contributed by atoms with van der Waals surface area (Å²) in [7, 11) is 0. The highest BCUT2D eigenvalue weighted by molar-refractivity contribution is 9.10. The highest BCUT2D eigenvalue weighted by Gasteiger charge is 2.22. The Bertz CT molecular complexity index is 2090. The minimum Gasteiger partial charge on any atom is -0.481 e. The Morgan fingerprint density at radius 2 is 1.81 bits per heavy atom. The summed E-state index contributed by atoms with van der Waals surface area (Å²) < 4.78 is 14.4. The molecule has 0 aliphatic carbocycles. The van der Waals surface area contributed by atoms with Crippen molar-refractivity contribution < 1.29 is 14.1 Å². The van der Waals surface area contributed by atoms with Gasteiger partial charge in [0.15, 0.2) is 5.76 Å². The summed E-state index contributed by atoms with van der Waals surface area (Å²) in [5.74, 6) is 0.430. The van der Waals surface area contributed by atoms with E-state index in [-0.39, 0.29) is 29.4 Å². The van der Waals surface area contributed by atoms with E-state index in [1.807, 2.05) is 24.3 Å². The maximum Gasteiger partial charge on any atom is 0.312 e. The van der Waals surface area contributed by atoms with E-state index in [2.05, 4.69) is 41.9 Å². The van der Waals surface area contributed by atoms with Gasteiger partial charge in [0.2, 0.25) is 11.6 Å². The van der Waals surface area contributed by atoms with Crippen molar-refractivity contribution >= 4 is 77.2 Å². The highest BCUT2D eigenvalue weighted by Crippen LogP contribution is 2.35. The van der Waals surface area contributed by atoms with E-state index < -0.39 is 10.5 Å². The number of aromatic nitrogens is 2. The monoisotopic (exact) mass is 706 g/mol. The fraction of sp³-hybridized carbons (Fsp3) is 0.0333. The number of nitro benzene ring substituents is 1. The number of para-hydroxylation sites is 1. The smallest absolute Gasteiger partial charge is 0.312 e. The molecule has 0 bridgehead atoms. The maximum atomic E-state index is 13.7. The van der Waals surface area contributed by atoms with Crippen LogP contribution in [0.4, 0.5) is 5.69 Å². The second-order valence-corrected chi connectivity index (χ2v) is 11.4. The van der Waals surface area contributed by atoms with Crippen LogP contribution in [-0.4, -0.2) is 20.8 Å². The maximum absolute atomic E-state index is 13.7. The lowest BCUT2D eigenvalue weighted by atomic mass is 10.2. The van der Waals surface area contributed by atoms with Gasteiger partial charge in [-0.15, -0.1) is 0 Å². The first-order valence-corrected chi connectivity index (χ1v) is 14.3. The molecule has 0 N–H and O–H groups in total. The Balaban J connectivity index is 1.49. The van der Waals surface area contributed by atoms with Crippen LogP contribution < -0.4 is 10.3 Å². The van der Waals surface area contributed by atoms with Crippen LogP contribution in [0.5, 0.6) is 5.75 Å². The van der Waals surface area contributed by atoms with Crippen LogP contribution in [-0.2, 0) is 6.61 Å². The molecule has 0 saturated carbocycles. The summed E-state index contributed by atoms with van der Waals surface area (Å²) in [6.07, 6.45) is 1.33. The van der Waals surface area contributed by atoms with Crippen molar-refractivity contribution in [3.63, 3.8) is 0 Å². The van der Waals surface area contributed by atoms with Crippen LogP contribution in [0.25, 0.3) is 33.5 Å². The molecule has 0 aliphatic heterocycles. The molecule has 12 heteroatoms. The van der Waals surface area contributed by atoms with E-state index >= 15 is 0 Å². The van der Waals surface area contributed by atoms with Crippen LogP contribution in [0.3, 0.4) is 0 Å². The van der Waals surface area contributed by atoms with Crippen LogP contribution in [0.15, 0.2) is 108 Å². The van der Waals surface area contributed by atoms with Crippen molar-refractivity contribution in [3.8, 4) is 17.3 Å². The van der Waals surface area contributed by atoms with Gasteiger partial charge in [0.1, 0.15) is 12.2 Å². The Morgan fingerprint density at radius 1 is 1.02 bits per heavy atom. The molecule has 0 atom stereocenters. The summed E-state index contributed by atoms with van der Waals surface area (Å²) in [5, 5.41) is 18.0. The average Bonchev–Trinajstić information content (AvgIpc) is 3.39. The predicted molar refractivity (Wildman–Crippen MR) is 168 cm³/mol. The van der Waals surface area contributed by atoms with Gasteiger partial charge in [-0.3, -0.25) is 14.9 Å². The van der Waals surface area contributed by atoms with E-state index in [9.17, 15) is 14.9 Å². The van der Waals surface area contributed by atoms with Gasteiger partial charge in [0.05, 0.1) is 22.0 Å². The second-order valence-electron chi connectivity index (χ2n) is 9.12. The predicted octanol–water partition coefficient (Wildman–Crippen LogP) is 8.36. The SMILES string of the molecule is O=c1c2ccccc2nc(-c2cc3cc(Cl)ccc3o2)n1N=Cc1cc(Br)cc([N+](=O)[O-])c1OCc1ccc(Br)cc1. The molecular formula is C30H17Br2ClN4O5. The van der Waals surface area contributed by atoms with Crippen molar-refractivity contribution in [3.05, 3.63) is 130 Å². The Kier molecular flexibility index (Phi) is 7.63. The first-order valence-electron chi connectivity index (χ1n) is 12.4. The van der Waals surface area contributed by atoms with Gasteiger partial charge in [-0.05, 0) is 60.2 Å². The first kappa shape index (κ1) is 27.8. The number of ether oxygens (including phenoxy) is 1. The van der Waals surface area contributed by atoms with Gasteiger partial charge in [-0.2, -0.15) is 9.78 Å². The Morgan fingerprint density at radius 3 is 2.60 bits per heavy atom. The fourth-order valence-electron chi connectivity index (χ4n) is 4.36. The third-order valence-corrected chi connectivity index (χ3v) is 7.54. The normalized spacial score (nSPS) is 11.5. The molecule has 0 unspecified atom stereocenters. The molecule has 208 valence electrons. The fourth-order valence-corrected chi connectivity index (χ4v) is 5.27. The number of benzene rings is 4. The number of nitro groups is 1. The molecule has 0 fully saturated rings. The van der Waals surface area contributed by atoms with E-state index in [1.165, 1.54) is 12.3 Å². The number of hydrogen-bond donors (Lipinski definition) is 0. The second kappa shape index (κ2) is 11.5. The zero-order chi connectivity index (χ0) is 29.4. The van der Waals surface area contributed by atoms with Crippen LogP contribution in [0.2, 0.25) is 5.02 Å². The first-order chi connectivity index (χ1) is 20.3. The number of fused-ring (bicyclic) bond motifs is 2. The molecule has 2 heterocycles. The van der Waals surface area contributed by atoms with Crippen molar-refractivity contribution in [2.45, 2.75) is 6.61 Å². The quantitative estimate of drug-likeness (QED) is 0.0936. The van der Waals surface area contributed by atoms with E-state index in [0.717, 1.165) is 20.1 Å². The number of furan rings is 1. The molecule has 0 saturated heterocycles. The van der Waals surface area contributed by atoms with Gasteiger partial charge in [0, 0.05) is 31.0 Å². The van der Waals surface area contributed by atoms with Crippen LogP contribution in [0.1, 0.15) is 11.1 Å². The molecule has 0 aliphatic rings. The Hall–Kier alpha value is -4.32. The molecule has 6 aromatic rings. The molecular weight excluding hydrogens is 692 g/mol. The van der Waals surface area contributed by atoms with Crippen molar-refractivity contribution in [2.75, 3.05) is 0 Å². The molecule has 0 radical (unpaired) electrons. The molecule has 0 spiro atoms. The number of hydrogen-bond acceptors (Lipinski definition) is 7. The lowest BCUT2D eigenvalue weighted by Gasteiger charge is -2.11. The molecule has 42 heavy (non-hydrogen) atoms. The number of nitrogens with zero attached hydrogens (tertiary/aromatic N) is 4. The minimum atomic E-state index is -0.534. The molecule has 2 aromatic heterocycles. The summed E-state index contributed by atoms with van der Waals surface area (Å²) in [6.45, 7) is 0.0703. The lowest BCUT2D eigenvalue weighted by molar-refractivity contribution is -0.386. The van der Waals surface area contributed by atoms with E-state index in [1.54, 1.807) is 54.6 Å². The number of halogens is 3. The van der Waals surface area contributed by atoms with Crippen molar-refractivity contribution in [1.29, 1.82) is 0 Å². The van der Waals surface area contributed by atoms with Crippen molar-refractivity contribution in [2.24, 2.45) is 5.10 Å². The molecule has 4 aromatic carbocycles. The standard InChI is InChI=1S/C30H17Br2ClN4O5/c31-20-7-5-17(6-8-20)16-41-28-19(11-21(32)14-25(28)37(39)40)15-34-36-29(35-24-4-2-1-3-23(24)30(36)38)27-13-18-12-22(33)9-10-26(18)42-27/h1-15H,16H2. The third-order valence-electron chi connectivity index (χ3n) is 6.32. The van der Waals surface area contributed by atoms with Crippen LogP contribution >= 0.6 is 43.5 Å². The average molecular weight is 709 g/mol. The van der Waals surface area contributed by atoms with Gasteiger partial charge in [-0.1, -0.05) is 67.7 Å². The Labute approximate surface area is 259 Å². The van der Waals surface area contributed by atoms with E-state index in [4.69, 9.17) is 20.8 Å². The van der Waals surface area contributed by atoms with Gasteiger partial charge in [-0.25, -0.2) is 4.98 Å². The third kappa shape index (κ3) is 5.58. The number of rotatable bonds is 7. The summed E-state index contributed by atoms with van der Waals surface area (Å²) in [4.78, 5) is 29.8. The van der Waals surface area contributed by atoms with Gasteiger partial charge < -0.3 is 9.15 Å². The largest absolute Gasteiger partial charge is 0.481 e.